The molecule has 103 heavy (non-hydrogen) atoms. The zero-order valence-corrected chi connectivity index (χ0v) is 66.2. The van der Waals surface area contributed by atoms with Crippen LogP contribution >= 0.6 is 15.6 Å². The number of phosphoric acid groups is 2. The van der Waals surface area contributed by atoms with Crippen molar-refractivity contribution in [3.8, 4) is 0 Å². The molecule has 0 heterocycles. The number of aliphatic hydroxyl groups excluding tert-OH is 2. The van der Waals surface area contributed by atoms with Gasteiger partial charge in [-0.05, 0) is 135 Å². The third-order valence-electron chi connectivity index (χ3n) is 16.5. The van der Waals surface area contributed by atoms with Gasteiger partial charge in [-0.2, -0.15) is 0 Å². The summed E-state index contributed by atoms with van der Waals surface area (Å²) >= 11 is 0. The molecule has 0 aromatic rings. The van der Waals surface area contributed by atoms with Crippen molar-refractivity contribution in [3.63, 3.8) is 0 Å². The second-order valence-corrected chi connectivity index (χ2v) is 29.4. The maximum Gasteiger partial charge on any atom is 0.472 e. The fourth-order valence-electron chi connectivity index (χ4n) is 10.5. The highest BCUT2D eigenvalue weighted by atomic mass is 31.2. The monoisotopic (exact) mass is 1480 g/mol. The van der Waals surface area contributed by atoms with Crippen LogP contribution in [-0.2, 0) is 55.8 Å². The average molecular weight is 1480 g/mol. The largest absolute Gasteiger partial charge is 0.472 e. The number of aliphatic hydroxyl groups is 2. The maximum absolute atomic E-state index is 12.9. The molecule has 5 atom stereocenters. The summed E-state index contributed by atoms with van der Waals surface area (Å²) in [6.45, 7) is 2.40. The summed E-state index contributed by atoms with van der Waals surface area (Å²) in [5, 5.41) is 20.6. The van der Waals surface area contributed by atoms with E-state index in [-0.39, 0.29) is 19.3 Å². The quantitative estimate of drug-likeness (QED) is 0.0146. The molecular weight excluding hydrogens is 1340 g/mol. The van der Waals surface area contributed by atoms with Crippen LogP contribution in [0.4, 0.5) is 0 Å². The van der Waals surface area contributed by atoms with Gasteiger partial charge in [-0.3, -0.25) is 32.5 Å². The van der Waals surface area contributed by atoms with Crippen molar-refractivity contribution < 1.29 is 75.8 Å². The van der Waals surface area contributed by atoms with E-state index in [0.29, 0.717) is 19.3 Å². The first-order chi connectivity index (χ1) is 50.2. The fourth-order valence-corrected chi connectivity index (χ4v) is 12.1. The molecule has 18 heteroatoms. The molecule has 0 spiro atoms. The molecule has 0 aliphatic rings. The van der Waals surface area contributed by atoms with Crippen molar-refractivity contribution in [1.82, 2.24) is 0 Å². The standard InChI is InChI=1S/C85H144O16P2/c1-4-7-10-13-16-19-22-24-26-28-30-32-34-36-38-39-41-43-44-46-48-50-52-54-57-59-62-65-68-71-83(88)95-74-80(86)75-97-102(91,92)98-76-81(87)77-99-103(93,94)100-79-82(101-85(90)73-70-67-64-61-56-21-18-15-12-9-6-3)78-96-84(89)72-69-66-63-60-58-55-53-51-49-47-45-42-40-37-35-33-31-29-27-25-23-20-17-14-11-8-5-2/h7-8,10-11,15-20,24-27,30-33,36-38,40,45,47,80-82,86-87H,4-6,9,12-14,21-23,28-29,34-35,39,41-44,46,48-79H2,1-3H3,(H,91,92)(H,93,94)/b10-7-,11-8-,18-15-,19-16-,20-17-,26-24-,27-25-,32-30-,33-31-,38-36-,40-37-,47-45-. The molecule has 0 fully saturated rings. The Kier molecular flexibility index (Phi) is 73.6. The van der Waals surface area contributed by atoms with Crippen molar-refractivity contribution in [1.29, 1.82) is 0 Å². The molecule has 590 valence electrons. The fraction of sp³-hybridized carbons (Fsp3) is 0.682. The third-order valence-corrected chi connectivity index (χ3v) is 18.4. The molecule has 0 aromatic heterocycles. The van der Waals surface area contributed by atoms with E-state index in [2.05, 4.69) is 167 Å². The van der Waals surface area contributed by atoms with E-state index in [1.807, 2.05) is 0 Å². The van der Waals surface area contributed by atoms with Gasteiger partial charge in [0.15, 0.2) is 6.10 Å². The molecule has 0 saturated carbocycles. The number of phosphoric ester groups is 2. The molecule has 0 aromatic carbocycles. The number of esters is 3. The van der Waals surface area contributed by atoms with Gasteiger partial charge >= 0.3 is 33.6 Å². The van der Waals surface area contributed by atoms with Crippen LogP contribution in [0.3, 0.4) is 0 Å². The number of ether oxygens (including phenoxy) is 3. The van der Waals surface area contributed by atoms with E-state index in [0.717, 1.165) is 173 Å². The molecule has 0 bridgehead atoms. The lowest BCUT2D eigenvalue weighted by atomic mass is 10.0. The van der Waals surface area contributed by atoms with Gasteiger partial charge in [-0.15, -0.1) is 0 Å². The van der Waals surface area contributed by atoms with Crippen LogP contribution in [0.15, 0.2) is 146 Å². The zero-order valence-electron chi connectivity index (χ0n) is 64.4. The first-order valence-corrected chi connectivity index (χ1v) is 43.1. The highest BCUT2D eigenvalue weighted by molar-refractivity contribution is 7.47. The van der Waals surface area contributed by atoms with Crippen LogP contribution in [0.1, 0.15) is 316 Å². The van der Waals surface area contributed by atoms with Gasteiger partial charge in [0.05, 0.1) is 26.4 Å². The molecule has 0 aliphatic heterocycles. The Morgan fingerprint density at radius 2 is 0.515 bits per heavy atom. The Balaban J connectivity index is 4.46. The van der Waals surface area contributed by atoms with Crippen LogP contribution in [0, 0.1) is 0 Å². The lowest BCUT2D eigenvalue weighted by Crippen LogP contribution is -2.30. The molecule has 0 saturated heterocycles. The Labute approximate surface area is 626 Å². The summed E-state index contributed by atoms with van der Waals surface area (Å²) in [5.41, 5.74) is 0. The molecule has 0 rings (SSSR count). The number of hydrogen-bond acceptors (Lipinski definition) is 14. The van der Waals surface area contributed by atoms with Crippen LogP contribution in [-0.4, -0.2) is 95.9 Å². The van der Waals surface area contributed by atoms with Crippen LogP contribution in [0.5, 0.6) is 0 Å². The van der Waals surface area contributed by atoms with Gasteiger partial charge in [-0.25, -0.2) is 9.13 Å². The summed E-state index contributed by atoms with van der Waals surface area (Å²) in [6, 6.07) is 0. The number of unbranched alkanes of at least 4 members (excludes halogenated alkanes) is 28. The van der Waals surface area contributed by atoms with E-state index in [4.69, 9.17) is 32.3 Å². The Bertz CT molecular complexity index is 2450. The summed E-state index contributed by atoms with van der Waals surface area (Å²) in [6.07, 6.45) is 94.8. The van der Waals surface area contributed by atoms with Gasteiger partial charge in [0.2, 0.25) is 0 Å². The molecule has 5 unspecified atom stereocenters. The number of rotatable bonds is 75. The van der Waals surface area contributed by atoms with Crippen molar-refractivity contribution in [3.05, 3.63) is 146 Å². The number of carbonyl (C=O) groups is 3. The minimum atomic E-state index is -4.93. The van der Waals surface area contributed by atoms with E-state index in [9.17, 15) is 43.5 Å². The maximum atomic E-state index is 12.9. The van der Waals surface area contributed by atoms with Crippen molar-refractivity contribution in [2.45, 2.75) is 334 Å². The minimum absolute atomic E-state index is 0.0892. The second kappa shape index (κ2) is 77.1. The second-order valence-electron chi connectivity index (χ2n) is 26.5. The lowest BCUT2D eigenvalue weighted by molar-refractivity contribution is -0.161. The zero-order chi connectivity index (χ0) is 75.2. The van der Waals surface area contributed by atoms with Crippen molar-refractivity contribution in [2.75, 3.05) is 39.6 Å². The molecule has 0 amide bonds. The molecule has 0 radical (unpaired) electrons. The van der Waals surface area contributed by atoms with Gasteiger partial charge in [0, 0.05) is 19.3 Å². The number of carbonyl (C=O) groups excluding carboxylic acids is 3. The van der Waals surface area contributed by atoms with Gasteiger partial charge < -0.3 is 34.2 Å². The Morgan fingerprint density at radius 1 is 0.282 bits per heavy atom. The molecular formula is C85H144O16P2. The van der Waals surface area contributed by atoms with Crippen molar-refractivity contribution in [2.24, 2.45) is 0 Å². The predicted molar refractivity (Wildman–Crippen MR) is 426 cm³/mol. The number of allylic oxidation sites excluding steroid dienone is 24. The van der Waals surface area contributed by atoms with Gasteiger partial charge in [0.1, 0.15) is 25.4 Å². The smallest absolute Gasteiger partial charge is 0.463 e. The van der Waals surface area contributed by atoms with E-state index in [1.54, 1.807) is 0 Å². The molecule has 4 N–H and O–H groups in total. The summed E-state index contributed by atoms with van der Waals surface area (Å²) in [7, 11) is -9.79. The highest BCUT2D eigenvalue weighted by Crippen LogP contribution is 2.45. The first kappa shape index (κ1) is 98.4. The molecule has 0 aliphatic carbocycles. The van der Waals surface area contributed by atoms with Crippen LogP contribution in [0.2, 0.25) is 0 Å². The first-order valence-electron chi connectivity index (χ1n) is 40.1. The van der Waals surface area contributed by atoms with E-state index in [1.165, 1.54) is 83.5 Å². The van der Waals surface area contributed by atoms with E-state index < -0.39 is 91.5 Å². The highest BCUT2D eigenvalue weighted by Gasteiger charge is 2.29. The van der Waals surface area contributed by atoms with Crippen molar-refractivity contribution >= 4 is 33.6 Å². The Morgan fingerprint density at radius 3 is 0.825 bits per heavy atom. The van der Waals surface area contributed by atoms with Gasteiger partial charge in [-0.1, -0.05) is 308 Å². The third kappa shape index (κ3) is 78.3. The average Bonchev–Trinajstić information content (AvgIpc) is 0.912. The van der Waals surface area contributed by atoms with Crippen LogP contribution in [0.25, 0.3) is 0 Å². The minimum Gasteiger partial charge on any atom is -0.463 e. The topological polar surface area (TPSA) is 231 Å². The van der Waals surface area contributed by atoms with E-state index >= 15 is 0 Å². The summed E-state index contributed by atoms with van der Waals surface area (Å²) in [4.78, 5) is 58.6. The Hall–Kier alpha value is -4.57. The normalized spacial score (nSPS) is 14.7. The number of hydrogen-bond donors (Lipinski definition) is 4. The summed E-state index contributed by atoms with van der Waals surface area (Å²) < 4.78 is 61.1. The SMILES string of the molecule is CC/C=C\C/C=C\C/C=C\C/C=C\C/C=C\C/C=C\CCCCCCCCCCC(=O)OCC(COP(=O)(O)OCC(O)COP(=O)(O)OCC(O)COC(=O)CCCCCCCCCCCCCCC/C=C\C/C=C\C/C=C\C/C=C\C/C=C\CC)OC(=O)CCCCCCC/C=C\CCCC. The molecule has 16 nitrogen and oxygen atoms in total. The van der Waals surface area contributed by atoms with Gasteiger partial charge in [0.25, 0.3) is 0 Å². The summed E-state index contributed by atoms with van der Waals surface area (Å²) in [5.74, 6) is -1.60. The predicted octanol–water partition coefficient (Wildman–Crippen LogP) is 23.7. The lowest BCUT2D eigenvalue weighted by Gasteiger charge is -2.21. The van der Waals surface area contributed by atoms with Crippen LogP contribution < -0.4 is 0 Å².